The molecule has 1 amide bonds. The van der Waals surface area contributed by atoms with Crippen molar-refractivity contribution in [3.05, 3.63) is 24.2 Å². The lowest BCUT2D eigenvalue weighted by Gasteiger charge is -2.33. The zero-order valence-corrected chi connectivity index (χ0v) is 13.1. The molecule has 118 valence electrons. The predicted molar refractivity (Wildman–Crippen MR) is 84.0 cm³/mol. The van der Waals surface area contributed by atoms with Crippen LogP contribution in [0.1, 0.15) is 63.7 Å². The van der Waals surface area contributed by atoms with E-state index in [9.17, 15) is 4.79 Å². The molecule has 1 saturated heterocycles. The first kappa shape index (κ1) is 16.1. The highest BCUT2D eigenvalue weighted by Gasteiger charge is 2.24. The zero-order chi connectivity index (χ0) is 14.9. The van der Waals surface area contributed by atoms with Crippen LogP contribution in [0.2, 0.25) is 0 Å². The molecule has 0 saturated carbocycles. The number of nitrogens with zero attached hydrogens (tertiary/aromatic N) is 1. The quantitative estimate of drug-likeness (QED) is 0.746. The Balaban J connectivity index is 1.86. The fraction of sp³-hybridized carbons (Fsp3) is 0.706. The number of hydrogen-bond acceptors (Lipinski definition) is 3. The number of carbonyl (C=O) groups excluding carboxylic acids is 1. The Morgan fingerprint density at radius 2 is 2.14 bits per heavy atom. The van der Waals surface area contributed by atoms with Crippen LogP contribution in [0.5, 0.6) is 0 Å². The third-order valence-corrected chi connectivity index (χ3v) is 4.20. The third kappa shape index (κ3) is 5.20. The van der Waals surface area contributed by atoms with Gasteiger partial charge in [-0.3, -0.25) is 9.69 Å². The van der Waals surface area contributed by atoms with E-state index in [1.165, 1.54) is 19.3 Å². The Kier molecular flexibility index (Phi) is 6.80. The van der Waals surface area contributed by atoms with E-state index in [1.807, 2.05) is 12.1 Å². The molecule has 1 atom stereocenters. The summed E-state index contributed by atoms with van der Waals surface area (Å²) in [5.74, 6) is 1.13. The Bertz CT molecular complexity index is 397. The topological polar surface area (TPSA) is 45.5 Å². The number of likely N-dealkylation sites (tertiary alicyclic amines) is 1. The second kappa shape index (κ2) is 8.88. The minimum absolute atomic E-state index is 0.164. The van der Waals surface area contributed by atoms with Gasteiger partial charge in [-0.1, -0.05) is 26.2 Å². The number of amides is 1. The standard InChI is InChI=1S/C17H28N2O2/c1-2-3-5-10-17(20)18-14-15(16-9-8-13-21-16)19-11-6-4-7-12-19/h8-9,13,15H,2-7,10-12,14H2,1H3,(H,18,20). The van der Waals surface area contributed by atoms with Crippen molar-refractivity contribution >= 4 is 5.91 Å². The molecule has 21 heavy (non-hydrogen) atoms. The molecule has 1 aromatic heterocycles. The summed E-state index contributed by atoms with van der Waals surface area (Å²) in [7, 11) is 0. The average molecular weight is 292 g/mol. The molecule has 2 rings (SSSR count). The molecule has 1 aliphatic heterocycles. The van der Waals surface area contributed by atoms with E-state index in [4.69, 9.17) is 4.42 Å². The van der Waals surface area contributed by atoms with Gasteiger partial charge in [-0.25, -0.2) is 0 Å². The van der Waals surface area contributed by atoms with Crippen LogP contribution in [-0.2, 0) is 4.79 Å². The predicted octanol–water partition coefficient (Wildman–Crippen LogP) is 3.50. The van der Waals surface area contributed by atoms with Crippen LogP contribution in [0.15, 0.2) is 22.8 Å². The Labute approximate surface area is 127 Å². The lowest BCUT2D eigenvalue weighted by atomic mass is 10.1. The molecule has 0 spiro atoms. The second-order valence-corrected chi connectivity index (χ2v) is 5.89. The van der Waals surface area contributed by atoms with E-state index in [0.717, 1.165) is 38.1 Å². The Hall–Kier alpha value is -1.29. The van der Waals surface area contributed by atoms with Gasteiger partial charge in [0.15, 0.2) is 0 Å². The first-order valence-electron chi connectivity index (χ1n) is 8.35. The first-order chi connectivity index (χ1) is 10.3. The van der Waals surface area contributed by atoms with Crippen molar-refractivity contribution in [2.24, 2.45) is 0 Å². The highest BCUT2D eigenvalue weighted by molar-refractivity contribution is 5.75. The van der Waals surface area contributed by atoms with Gasteiger partial charge in [-0.05, 0) is 44.5 Å². The smallest absolute Gasteiger partial charge is 0.220 e. The maximum atomic E-state index is 11.9. The van der Waals surface area contributed by atoms with Crippen molar-refractivity contribution in [1.29, 1.82) is 0 Å². The number of hydrogen-bond donors (Lipinski definition) is 1. The molecule has 1 fully saturated rings. The van der Waals surface area contributed by atoms with Crippen LogP contribution in [0.3, 0.4) is 0 Å². The van der Waals surface area contributed by atoms with Crippen molar-refractivity contribution in [3.8, 4) is 0 Å². The highest BCUT2D eigenvalue weighted by Crippen LogP contribution is 2.24. The van der Waals surface area contributed by atoms with Crippen LogP contribution in [0, 0.1) is 0 Å². The van der Waals surface area contributed by atoms with Crippen LogP contribution in [-0.4, -0.2) is 30.4 Å². The molecule has 2 heterocycles. The number of unbranched alkanes of at least 4 members (excludes halogenated alkanes) is 2. The number of carbonyl (C=O) groups is 1. The van der Waals surface area contributed by atoms with Crippen molar-refractivity contribution in [2.75, 3.05) is 19.6 Å². The van der Waals surface area contributed by atoms with E-state index in [2.05, 4.69) is 17.1 Å². The van der Waals surface area contributed by atoms with Gasteiger partial charge < -0.3 is 9.73 Å². The van der Waals surface area contributed by atoms with Crippen LogP contribution >= 0.6 is 0 Å². The molecule has 4 heteroatoms. The summed E-state index contributed by atoms with van der Waals surface area (Å²) in [6.45, 7) is 4.99. The van der Waals surface area contributed by atoms with Gasteiger partial charge in [0.1, 0.15) is 5.76 Å². The van der Waals surface area contributed by atoms with Crippen LogP contribution < -0.4 is 5.32 Å². The van der Waals surface area contributed by atoms with Gasteiger partial charge in [0, 0.05) is 13.0 Å². The molecule has 1 unspecified atom stereocenters. The Morgan fingerprint density at radius 1 is 1.33 bits per heavy atom. The normalized spacial score (nSPS) is 17.6. The summed E-state index contributed by atoms with van der Waals surface area (Å²) in [5.41, 5.74) is 0. The molecule has 0 radical (unpaired) electrons. The van der Waals surface area contributed by atoms with Gasteiger partial charge in [0.05, 0.1) is 12.3 Å². The summed E-state index contributed by atoms with van der Waals surface area (Å²) >= 11 is 0. The second-order valence-electron chi connectivity index (χ2n) is 5.89. The van der Waals surface area contributed by atoms with E-state index in [-0.39, 0.29) is 11.9 Å². The summed E-state index contributed by atoms with van der Waals surface area (Å²) in [6, 6.07) is 4.12. The zero-order valence-electron chi connectivity index (χ0n) is 13.1. The van der Waals surface area contributed by atoms with Gasteiger partial charge >= 0.3 is 0 Å². The average Bonchev–Trinajstić information content (AvgIpc) is 3.03. The van der Waals surface area contributed by atoms with Crippen molar-refractivity contribution in [2.45, 2.75) is 57.9 Å². The molecular formula is C17H28N2O2. The third-order valence-electron chi connectivity index (χ3n) is 4.20. The SMILES string of the molecule is CCCCCC(=O)NCC(c1ccco1)N1CCCCC1. The highest BCUT2D eigenvalue weighted by atomic mass is 16.3. The summed E-state index contributed by atoms with van der Waals surface area (Å²) in [5, 5.41) is 3.09. The maximum absolute atomic E-state index is 11.9. The van der Waals surface area contributed by atoms with Gasteiger partial charge in [0.2, 0.25) is 5.91 Å². The maximum Gasteiger partial charge on any atom is 0.220 e. The van der Waals surface area contributed by atoms with E-state index >= 15 is 0 Å². The van der Waals surface area contributed by atoms with Crippen LogP contribution in [0.25, 0.3) is 0 Å². The van der Waals surface area contributed by atoms with Gasteiger partial charge in [0.25, 0.3) is 0 Å². The molecule has 1 aromatic rings. The lowest BCUT2D eigenvalue weighted by molar-refractivity contribution is -0.121. The van der Waals surface area contributed by atoms with E-state index < -0.39 is 0 Å². The molecule has 0 aromatic carbocycles. The summed E-state index contributed by atoms with van der Waals surface area (Å²) in [6.07, 6.45) is 9.40. The van der Waals surface area contributed by atoms with Crippen molar-refractivity contribution in [3.63, 3.8) is 0 Å². The monoisotopic (exact) mass is 292 g/mol. The first-order valence-corrected chi connectivity index (χ1v) is 8.35. The number of rotatable bonds is 8. The fourth-order valence-electron chi connectivity index (χ4n) is 2.96. The molecule has 1 aliphatic rings. The largest absolute Gasteiger partial charge is 0.468 e. The molecular weight excluding hydrogens is 264 g/mol. The summed E-state index contributed by atoms with van der Waals surface area (Å²) < 4.78 is 5.59. The molecule has 4 nitrogen and oxygen atoms in total. The molecule has 1 N–H and O–H groups in total. The minimum atomic E-state index is 0.164. The fourth-order valence-corrected chi connectivity index (χ4v) is 2.96. The lowest BCUT2D eigenvalue weighted by Crippen LogP contribution is -2.40. The van der Waals surface area contributed by atoms with Crippen molar-refractivity contribution in [1.82, 2.24) is 10.2 Å². The summed E-state index contributed by atoms with van der Waals surface area (Å²) in [4.78, 5) is 14.4. The van der Waals surface area contributed by atoms with E-state index in [0.29, 0.717) is 13.0 Å². The molecule has 0 aliphatic carbocycles. The van der Waals surface area contributed by atoms with Crippen LogP contribution in [0.4, 0.5) is 0 Å². The number of furan rings is 1. The molecule has 0 bridgehead atoms. The van der Waals surface area contributed by atoms with E-state index in [1.54, 1.807) is 6.26 Å². The number of piperidine rings is 1. The van der Waals surface area contributed by atoms with Gasteiger partial charge in [-0.15, -0.1) is 0 Å². The number of nitrogens with one attached hydrogen (secondary N) is 1. The van der Waals surface area contributed by atoms with Crippen molar-refractivity contribution < 1.29 is 9.21 Å². The Morgan fingerprint density at radius 3 is 2.81 bits per heavy atom. The van der Waals surface area contributed by atoms with Gasteiger partial charge in [-0.2, -0.15) is 0 Å². The minimum Gasteiger partial charge on any atom is -0.468 e.